The summed E-state index contributed by atoms with van der Waals surface area (Å²) < 4.78 is 6.20. The number of nitro benzene ring substituents is 1. The first-order valence-corrected chi connectivity index (χ1v) is 12.6. The van der Waals surface area contributed by atoms with Gasteiger partial charge in [0.2, 0.25) is 0 Å². The highest BCUT2D eigenvalue weighted by molar-refractivity contribution is 6.06. The molecule has 1 heterocycles. The molecule has 0 saturated heterocycles. The number of nitro groups is 1. The molecule has 0 aliphatic heterocycles. The van der Waals surface area contributed by atoms with E-state index in [2.05, 4.69) is 10.5 Å². The zero-order chi connectivity index (χ0) is 26.5. The number of hydrazone groups is 1. The number of carbonyl (C=O) groups excluding carboxylic acids is 1. The third-order valence-electron chi connectivity index (χ3n) is 6.64. The predicted octanol–water partition coefficient (Wildman–Crippen LogP) is 6.49. The van der Waals surface area contributed by atoms with Crippen molar-refractivity contribution in [2.24, 2.45) is 5.10 Å². The summed E-state index contributed by atoms with van der Waals surface area (Å²) >= 11 is 0. The quantitative estimate of drug-likeness (QED) is 0.216. The molecule has 0 bridgehead atoms. The van der Waals surface area contributed by atoms with Gasteiger partial charge in [-0.1, -0.05) is 60.7 Å². The van der Waals surface area contributed by atoms with Crippen molar-refractivity contribution in [3.63, 3.8) is 0 Å². The average molecular weight is 509 g/mol. The number of non-ortho nitro benzene ring substituents is 1. The van der Waals surface area contributed by atoms with Gasteiger partial charge in [0, 0.05) is 42.8 Å². The lowest BCUT2D eigenvalue weighted by Gasteiger charge is -2.22. The van der Waals surface area contributed by atoms with Crippen LogP contribution in [-0.2, 0) is 19.5 Å². The molecule has 1 amide bonds. The molecule has 1 aliphatic carbocycles. The number of nitrogens with zero attached hydrogens (tertiary/aromatic N) is 3. The lowest BCUT2D eigenvalue weighted by Crippen LogP contribution is -2.30. The van der Waals surface area contributed by atoms with Crippen molar-refractivity contribution < 1.29 is 14.1 Å². The number of aryl methyl sites for hydroxylation is 1. The Labute approximate surface area is 220 Å². The van der Waals surface area contributed by atoms with Crippen LogP contribution < -0.4 is 5.43 Å². The lowest BCUT2D eigenvalue weighted by atomic mass is 9.93. The Morgan fingerprint density at radius 3 is 2.13 bits per heavy atom. The number of hydrogen-bond acceptors (Lipinski definition) is 6. The molecule has 1 N–H and O–H groups in total. The van der Waals surface area contributed by atoms with Crippen LogP contribution in [0.4, 0.5) is 11.4 Å². The van der Waals surface area contributed by atoms with Gasteiger partial charge < -0.3 is 9.32 Å². The number of nitrogens with one attached hydrogen (secondary N) is 1. The highest BCUT2D eigenvalue weighted by atomic mass is 16.6. The molecule has 5 rings (SSSR count). The summed E-state index contributed by atoms with van der Waals surface area (Å²) in [5, 5.41) is 15.5. The number of hydrogen-bond donors (Lipinski definition) is 1. The first-order valence-electron chi connectivity index (χ1n) is 12.6. The predicted molar refractivity (Wildman–Crippen MR) is 146 cm³/mol. The normalized spacial score (nSPS) is 13.7. The van der Waals surface area contributed by atoms with Gasteiger partial charge in [-0.2, -0.15) is 5.10 Å². The maximum absolute atomic E-state index is 13.9. The van der Waals surface area contributed by atoms with Crippen LogP contribution in [0.2, 0.25) is 0 Å². The van der Waals surface area contributed by atoms with Gasteiger partial charge in [-0.3, -0.25) is 20.3 Å². The molecule has 1 aliphatic rings. The van der Waals surface area contributed by atoms with E-state index in [9.17, 15) is 14.9 Å². The van der Waals surface area contributed by atoms with E-state index in [4.69, 9.17) is 4.42 Å². The number of amides is 1. The first-order chi connectivity index (χ1) is 18.5. The number of furan rings is 1. The van der Waals surface area contributed by atoms with E-state index in [1.165, 1.54) is 12.1 Å². The van der Waals surface area contributed by atoms with Crippen molar-refractivity contribution in [3.05, 3.63) is 129 Å². The van der Waals surface area contributed by atoms with Crippen molar-refractivity contribution in [2.75, 3.05) is 5.43 Å². The summed E-state index contributed by atoms with van der Waals surface area (Å²) in [7, 11) is 0. The van der Waals surface area contributed by atoms with Crippen LogP contribution in [0.25, 0.3) is 0 Å². The lowest BCUT2D eigenvalue weighted by molar-refractivity contribution is -0.384. The maximum Gasteiger partial charge on any atom is 0.290 e. The van der Waals surface area contributed by atoms with Gasteiger partial charge in [0.15, 0.2) is 5.76 Å². The summed E-state index contributed by atoms with van der Waals surface area (Å²) in [6.07, 6.45) is 2.32. The van der Waals surface area contributed by atoms with Crippen molar-refractivity contribution in [1.82, 2.24) is 4.90 Å². The molecule has 0 fully saturated rings. The molecule has 8 nitrogen and oxygen atoms in total. The summed E-state index contributed by atoms with van der Waals surface area (Å²) in [6, 6.07) is 26.0. The van der Waals surface area contributed by atoms with Gasteiger partial charge in [-0.05, 0) is 43.0 Å². The molecule has 0 unspecified atom stereocenters. The molecular formula is C30H28N4O4. The van der Waals surface area contributed by atoms with E-state index in [0.29, 0.717) is 24.5 Å². The zero-order valence-corrected chi connectivity index (χ0v) is 21.1. The SMILES string of the molecule is Cc1c(C(=O)N(Cc2ccccc2)Cc2ccccc2)oc2c1/C(=N/Nc1ccc([N+](=O)[O-])cc1)CCC2. The Balaban J connectivity index is 1.42. The molecule has 3 aromatic carbocycles. The number of anilines is 1. The van der Waals surface area contributed by atoms with E-state index in [-0.39, 0.29) is 11.6 Å². The fraction of sp³-hybridized carbons (Fsp3) is 0.200. The van der Waals surface area contributed by atoms with Crippen LogP contribution in [0.1, 0.15) is 51.4 Å². The van der Waals surface area contributed by atoms with Gasteiger partial charge in [0.1, 0.15) is 5.76 Å². The minimum atomic E-state index is -0.435. The monoisotopic (exact) mass is 508 g/mol. The smallest absolute Gasteiger partial charge is 0.290 e. The highest BCUT2D eigenvalue weighted by Gasteiger charge is 2.30. The summed E-state index contributed by atoms with van der Waals surface area (Å²) in [5.74, 6) is 0.944. The van der Waals surface area contributed by atoms with Crippen LogP contribution in [-0.4, -0.2) is 21.4 Å². The molecule has 0 spiro atoms. The molecule has 192 valence electrons. The minimum absolute atomic E-state index is 0.0209. The Kier molecular flexibility index (Phi) is 7.31. The Morgan fingerprint density at radius 1 is 0.947 bits per heavy atom. The van der Waals surface area contributed by atoms with Crippen molar-refractivity contribution in [2.45, 2.75) is 39.3 Å². The molecular weight excluding hydrogens is 480 g/mol. The molecule has 0 radical (unpaired) electrons. The van der Waals surface area contributed by atoms with Gasteiger partial charge >= 0.3 is 0 Å². The van der Waals surface area contributed by atoms with Crippen molar-refractivity contribution in [1.29, 1.82) is 0 Å². The summed E-state index contributed by atoms with van der Waals surface area (Å²) in [6.45, 7) is 2.83. The molecule has 1 aromatic heterocycles. The number of fused-ring (bicyclic) bond motifs is 1. The van der Waals surface area contributed by atoms with Crippen LogP contribution in [0.5, 0.6) is 0 Å². The second-order valence-electron chi connectivity index (χ2n) is 9.31. The standard InChI is InChI=1S/C30H28N4O4/c1-21-28-26(32-31-24-15-17-25(18-16-24)34(36)37)13-8-14-27(28)38-29(21)30(35)33(19-22-9-4-2-5-10-22)20-23-11-6-3-7-12-23/h2-7,9-12,15-18,31H,8,13-14,19-20H2,1H3/b32-26+. The second kappa shape index (κ2) is 11.1. The van der Waals surface area contributed by atoms with Crippen molar-refractivity contribution in [3.8, 4) is 0 Å². The topological polar surface area (TPSA) is 101 Å². The minimum Gasteiger partial charge on any atom is -0.455 e. The summed E-state index contributed by atoms with van der Waals surface area (Å²) in [4.78, 5) is 26.2. The Hall–Kier alpha value is -4.72. The van der Waals surface area contributed by atoms with E-state index < -0.39 is 4.92 Å². The number of carbonyl (C=O) groups is 1. The molecule has 38 heavy (non-hydrogen) atoms. The van der Waals surface area contributed by atoms with Gasteiger partial charge in [-0.25, -0.2) is 0 Å². The first kappa shape index (κ1) is 25.0. The number of benzene rings is 3. The summed E-state index contributed by atoms with van der Waals surface area (Å²) in [5.41, 5.74) is 8.21. The Morgan fingerprint density at radius 2 is 1.55 bits per heavy atom. The zero-order valence-electron chi connectivity index (χ0n) is 21.1. The highest BCUT2D eigenvalue weighted by Crippen LogP contribution is 2.31. The number of rotatable bonds is 8. The second-order valence-corrected chi connectivity index (χ2v) is 9.31. The third-order valence-corrected chi connectivity index (χ3v) is 6.64. The fourth-order valence-corrected chi connectivity index (χ4v) is 4.72. The largest absolute Gasteiger partial charge is 0.455 e. The molecule has 4 aromatic rings. The van der Waals surface area contributed by atoms with Gasteiger partial charge in [-0.15, -0.1) is 0 Å². The van der Waals surface area contributed by atoms with Crippen molar-refractivity contribution >= 4 is 23.0 Å². The van der Waals surface area contributed by atoms with E-state index in [1.54, 1.807) is 12.1 Å². The molecule has 0 saturated carbocycles. The average Bonchev–Trinajstić information content (AvgIpc) is 3.29. The Bertz CT molecular complexity index is 1420. The molecule has 0 atom stereocenters. The third kappa shape index (κ3) is 5.49. The van der Waals surface area contributed by atoms with Crippen LogP contribution in [0.15, 0.2) is 94.4 Å². The van der Waals surface area contributed by atoms with Gasteiger partial charge in [0.25, 0.3) is 11.6 Å². The van der Waals surface area contributed by atoms with Crippen LogP contribution in [0.3, 0.4) is 0 Å². The maximum atomic E-state index is 13.9. The molecule has 8 heteroatoms. The van der Waals surface area contributed by atoms with Crippen LogP contribution in [0, 0.1) is 17.0 Å². The van der Waals surface area contributed by atoms with E-state index in [1.807, 2.05) is 72.5 Å². The van der Waals surface area contributed by atoms with E-state index in [0.717, 1.165) is 53.0 Å². The van der Waals surface area contributed by atoms with Gasteiger partial charge in [0.05, 0.1) is 16.3 Å². The van der Waals surface area contributed by atoms with E-state index >= 15 is 0 Å². The fourth-order valence-electron chi connectivity index (χ4n) is 4.72. The van der Waals surface area contributed by atoms with Crippen LogP contribution >= 0.6 is 0 Å².